The van der Waals surface area contributed by atoms with Crippen LogP contribution < -0.4 is 0 Å². The minimum atomic E-state index is -0.479. The van der Waals surface area contributed by atoms with E-state index in [1.54, 1.807) is 0 Å². The van der Waals surface area contributed by atoms with E-state index in [4.69, 9.17) is 0 Å². The number of hydrogen-bond donors (Lipinski definition) is 1. The predicted octanol–water partition coefficient (Wildman–Crippen LogP) is 2.31. The maximum Gasteiger partial charge on any atom is 0.0899 e. The number of rotatable bonds is 4. The maximum absolute atomic E-state index is 9.99. The number of likely N-dealkylation sites (tertiary alicyclic amines) is 1. The standard InChI is InChI=1S/C15H21NO/c17-15(8-9-15)14-5-3-13(4-6-14)7-12-16-10-1-2-11-16/h3-6,17H,1-2,7-12H2. The van der Waals surface area contributed by atoms with Crippen LogP contribution in [0.4, 0.5) is 0 Å². The van der Waals surface area contributed by atoms with E-state index in [1.807, 2.05) is 0 Å². The van der Waals surface area contributed by atoms with Crippen LogP contribution in [-0.4, -0.2) is 29.6 Å². The summed E-state index contributed by atoms with van der Waals surface area (Å²) in [5.41, 5.74) is 2.01. The predicted molar refractivity (Wildman–Crippen MR) is 69.0 cm³/mol. The van der Waals surface area contributed by atoms with Gasteiger partial charge in [0.1, 0.15) is 0 Å². The maximum atomic E-state index is 9.99. The Morgan fingerprint density at radius 3 is 2.29 bits per heavy atom. The Hall–Kier alpha value is -0.860. The van der Waals surface area contributed by atoms with Gasteiger partial charge >= 0.3 is 0 Å². The van der Waals surface area contributed by atoms with Gasteiger partial charge in [0.05, 0.1) is 5.60 Å². The zero-order chi connectivity index (χ0) is 11.7. The topological polar surface area (TPSA) is 23.5 Å². The molecule has 0 unspecified atom stereocenters. The van der Waals surface area contributed by atoms with E-state index in [0.29, 0.717) is 0 Å². The lowest BCUT2D eigenvalue weighted by Crippen LogP contribution is -2.21. The van der Waals surface area contributed by atoms with Crippen molar-refractivity contribution >= 4 is 0 Å². The lowest BCUT2D eigenvalue weighted by atomic mass is 10.0. The van der Waals surface area contributed by atoms with Gasteiger partial charge in [-0.05, 0) is 56.3 Å². The summed E-state index contributed by atoms with van der Waals surface area (Å²) in [6, 6.07) is 8.57. The molecule has 0 amide bonds. The van der Waals surface area contributed by atoms with Crippen molar-refractivity contribution in [3.05, 3.63) is 35.4 Å². The van der Waals surface area contributed by atoms with Gasteiger partial charge in [-0.3, -0.25) is 0 Å². The van der Waals surface area contributed by atoms with Gasteiger partial charge in [0.25, 0.3) is 0 Å². The molecule has 1 saturated carbocycles. The Kier molecular flexibility index (Phi) is 2.93. The monoisotopic (exact) mass is 231 g/mol. The van der Waals surface area contributed by atoms with Crippen LogP contribution in [0.1, 0.15) is 36.8 Å². The first-order valence-electron chi connectivity index (χ1n) is 6.80. The molecule has 1 aliphatic carbocycles. The summed E-state index contributed by atoms with van der Waals surface area (Å²) in [5.74, 6) is 0. The van der Waals surface area contributed by atoms with Crippen molar-refractivity contribution in [1.82, 2.24) is 4.90 Å². The minimum Gasteiger partial charge on any atom is -0.385 e. The average molecular weight is 231 g/mol. The van der Waals surface area contributed by atoms with Gasteiger partial charge in [0, 0.05) is 6.54 Å². The third-order valence-corrected chi connectivity index (χ3v) is 4.13. The van der Waals surface area contributed by atoms with Crippen molar-refractivity contribution in [1.29, 1.82) is 0 Å². The molecular formula is C15H21NO. The molecule has 0 radical (unpaired) electrons. The summed E-state index contributed by atoms with van der Waals surface area (Å²) < 4.78 is 0. The second-order valence-corrected chi connectivity index (χ2v) is 5.53. The summed E-state index contributed by atoms with van der Waals surface area (Å²) in [6.07, 6.45) is 5.73. The van der Waals surface area contributed by atoms with Crippen LogP contribution in [0.15, 0.2) is 24.3 Å². The van der Waals surface area contributed by atoms with E-state index >= 15 is 0 Å². The van der Waals surface area contributed by atoms with Gasteiger partial charge in [-0.15, -0.1) is 0 Å². The zero-order valence-electron chi connectivity index (χ0n) is 10.4. The molecule has 1 saturated heterocycles. The van der Waals surface area contributed by atoms with Crippen LogP contribution in [0.2, 0.25) is 0 Å². The summed E-state index contributed by atoms with van der Waals surface area (Å²) >= 11 is 0. The molecule has 0 spiro atoms. The van der Waals surface area contributed by atoms with E-state index in [9.17, 15) is 5.11 Å². The van der Waals surface area contributed by atoms with Crippen LogP contribution in [0.5, 0.6) is 0 Å². The molecule has 2 fully saturated rings. The second-order valence-electron chi connectivity index (χ2n) is 5.53. The summed E-state index contributed by atoms with van der Waals surface area (Å²) in [6.45, 7) is 3.74. The zero-order valence-corrected chi connectivity index (χ0v) is 10.4. The molecule has 3 rings (SSSR count). The van der Waals surface area contributed by atoms with Gasteiger partial charge in [-0.2, -0.15) is 0 Å². The third kappa shape index (κ3) is 2.53. The highest BCUT2D eigenvalue weighted by Crippen LogP contribution is 2.45. The van der Waals surface area contributed by atoms with Gasteiger partial charge in [-0.25, -0.2) is 0 Å². The highest BCUT2D eigenvalue weighted by molar-refractivity contribution is 5.30. The normalized spacial score (nSPS) is 22.9. The summed E-state index contributed by atoms with van der Waals surface area (Å²) in [7, 11) is 0. The molecule has 1 heterocycles. The van der Waals surface area contributed by atoms with Gasteiger partial charge in [0.15, 0.2) is 0 Å². The summed E-state index contributed by atoms with van der Waals surface area (Å²) in [4.78, 5) is 2.54. The van der Waals surface area contributed by atoms with E-state index in [1.165, 1.54) is 38.0 Å². The number of hydrogen-bond acceptors (Lipinski definition) is 2. The minimum absolute atomic E-state index is 0.479. The fraction of sp³-hybridized carbons (Fsp3) is 0.600. The van der Waals surface area contributed by atoms with E-state index < -0.39 is 5.60 Å². The van der Waals surface area contributed by atoms with Crippen molar-refractivity contribution in [2.75, 3.05) is 19.6 Å². The molecule has 92 valence electrons. The number of benzene rings is 1. The molecular weight excluding hydrogens is 210 g/mol. The molecule has 0 atom stereocenters. The highest BCUT2D eigenvalue weighted by atomic mass is 16.3. The molecule has 0 bridgehead atoms. The van der Waals surface area contributed by atoms with Crippen molar-refractivity contribution in [2.45, 2.75) is 37.7 Å². The quantitative estimate of drug-likeness (QED) is 0.859. The van der Waals surface area contributed by atoms with E-state index in [0.717, 1.165) is 24.8 Å². The first-order valence-corrected chi connectivity index (χ1v) is 6.80. The second kappa shape index (κ2) is 4.43. The Labute approximate surface area is 103 Å². The van der Waals surface area contributed by atoms with Crippen molar-refractivity contribution in [3.8, 4) is 0 Å². The molecule has 2 nitrogen and oxygen atoms in total. The van der Waals surface area contributed by atoms with Gasteiger partial charge in [0.2, 0.25) is 0 Å². The molecule has 2 heteroatoms. The SMILES string of the molecule is OC1(c2ccc(CCN3CCCC3)cc2)CC1. The van der Waals surface area contributed by atoms with Crippen LogP contribution in [0.3, 0.4) is 0 Å². The summed E-state index contributed by atoms with van der Waals surface area (Å²) in [5, 5.41) is 9.99. The van der Waals surface area contributed by atoms with Crippen LogP contribution in [0, 0.1) is 0 Å². The molecule has 1 N–H and O–H groups in total. The fourth-order valence-corrected chi connectivity index (χ4v) is 2.68. The van der Waals surface area contributed by atoms with Gasteiger partial charge in [-0.1, -0.05) is 24.3 Å². The first-order chi connectivity index (χ1) is 8.26. The van der Waals surface area contributed by atoms with E-state index in [2.05, 4.69) is 29.2 Å². The Morgan fingerprint density at radius 1 is 1.06 bits per heavy atom. The molecule has 1 aromatic rings. The molecule has 17 heavy (non-hydrogen) atoms. The number of nitrogens with zero attached hydrogens (tertiary/aromatic N) is 1. The van der Waals surface area contributed by atoms with Crippen LogP contribution >= 0.6 is 0 Å². The lowest BCUT2D eigenvalue weighted by Gasteiger charge is -2.14. The fourth-order valence-electron chi connectivity index (χ4n) is 2.68. The lowest BCUT2D eigenvalue weighted by molar-refractivity contribution is 0.151. The Balaban J connectivity index is 1.56. The molecule has 1 aliphatic heterocycles. The molecule has 0 aromatic heterocycles. The third-order valence-electron chi connectivity index (χ3n) is 4.13. The van der Waals surface area contributed by atoms with Crippen LogP contribution in [0.25, 0.3) is 0 Å². The smallest absolute Gasteiger partial charge is 0.0899 e. The van der Waals surface area contributed by atoms with Crippen molar-refractivity contribution in [2.24, 2.45) is 0 Å². The Bertz CT molecular complexity index is 374. The largest absolute Gasteiger partial charge is 0.385 e. The number of aliphatic hydroxyl groups is 1. The van der Waals surface area contributed by atoms with Crippen molar-refractivity contribution < 1.29 is 5.11 Å². The van der Waals surface area contributed by atoms with Crippen LogP contribution in [-0.2, 0) is 12.0 Å². The first kappa shape index (κ1) is 11.2. The molecule has 1 aromatic carbocycles. The average Bonchev–Trinajstić information content (AvgIpc) is 2.92. The van der Waals surface area contributed by atoms with E-state index in [-0.39, 0.29) is 0 Å². The van der Waals surface area contributed by atoms with Crippen molar-refractivity contribution in [3.63, 3.8) is 0 Å². The highest BCUT2D eigenvalue weighted by Gasteiger charge is 2.41. The van der Waals surface area contributed by atoms with Gasteiger partial charge < -0.3 is 10.0 Å². The Morgan fingerprint density at radius 2 is 1.71 bits per heavy atom. The molecule has 2 aliphatic rings.